The molecule has 6 heteroatoms. The van der Waals surface area contributed by atoms with E-state index in [1.165, 1.54) is 17.7 Å². The van der Waals surface area contributed by atoms with Crippen LogP contribution in [-0.4, -0.2) is 53.3 Å². The largest absolute Gasteiger partial charge is 0.480 e. The number of carbonyl (C=O) groups is 2. The van der Waals surface area contributed by atoms with Crippen LogP contribution in [0.3, 0.4) is 0 Å². The molecule has 2 N–H and O–H groups in total. The van der Waals surface area contributed by atoms with Crippen molar-refractivity contribution in [3.8, 4) is 0 Å². The van der Waals surface area contributed by atoms with Crippen molar-refractivity contribution in [2.24, 2.45) is 5.92 Å². The molecule has 1 aliphatic carbocycles. The molecule has 112 valence electrons. The van der Waals surface area contributed by atoms with Crippen LogP contribution < -0.4 is 5.32 Å². The Morgan fingerprint density at radius 1 is 1.15 bits per heavy atom. The number of amides is 2. The Morgan fingerprint density at radius 3 is 2.65 bits per heavy atom. The van der Waals surface area contributed by atoms with Gasteiger partial charge in [-0.05, 0) is 44.4 Å². The highest BCUT2D eigenvalue weighted by molar-refractivity contribution is 5.83. The first-order chi connectivity index (χ1) is 9.66. The predicted octanol–water partition coefficient (Wildman–Crippen LogP) is 1.20. The Bertz CT molecular complexity index is 397. The van der Waals surface area contributed by atoms with Gasteiger partial charge in [0.2, 0.25) is 0 Å². The van der Waals surface area contributed by atoms with E-state index in [1.54, 1.807) is 0 Å². The molecule has 6 nitrogen and oxygen atoms in total. The van der Waals surface area contributed by atoms with E-state index in [0.717, 1.165) is 19.3 Å². The van der Waals surface area contributed by atoms with Crippen molar-refractivity contribution in [2.45, 2.75) is 56.7 Å². The van der Waals surface area contributed by atoms with Gasteiger partial charge in [0.15, 0.2) is 0 Å². The van der Waals surface area contributed by atoms with Gasteiger partial charge in [-0.15, -0.1) is 0 Å². The van der Waals surface area contributed by atoms with E-state index in [4.69, 9.17) is 4.74 Å². The Labute approximate surface area is 118 Å². The van der Waals surface area contributed by atoms with Crippen LogP contribution in [-0.2, 0) is 9.53 Å². The van der Waals surface area contributed by atoms with Gasteiger partial charge < -0.3 is 20.1 Å². The predicted molar refractivity (Wildman–Crippen MR) is 71.4 cm³/mol. The molecule has 3 unspecified atom stereocenters. The van der Waals surface area contributed by atoms with Gasteiger partial charge in [0.1, 0.15) is 6.04 Å². The molecule has 2 heterocycles. The van der Waals surface area contributed by atoms with E-state index >= 15 is 0 Å². The van der Waals surface area contributed by atoms with Crippen LogP contribution in [0.5, 0.6) is 0 Å². The third-order valence-corrected chi connectivity index (χ3v) is 4.58. The molecule has 3 rings (SSSR count). The first-order valence-electron chi connectivity index (χ1n) is 7.58. The average molecular weight is 282 g/mol. The molecule has 0 aromatic heterocycles. The van der Waals surface area contributed by atoms with E-state index in [9.17, 15) is 14.7 Å². The SMILES string of the molecule is O=C(O)C1CCCCN1C(=O)NC1CCOC1C1CC1. The highest BCUT2D eigenvalue weighted by atomic mass is 16.5. The van der Waals surface area contributed by atoms with Crippen LogP contribution in [0.15, 0.2) is 0 Å². The van der Waals surface area contributed by atoms with E-state index in [1.807, 2.05) is 0 Å². The van der Waals surface area contributed by atoms with Crippen LogP contribution in [0.4, 0.5) is 4.79 Å². The van der Waals surface area contributed by atoms with E-state index < -0.39 is 12.0 Å². The van der Waals surface area contributed by atoms with Gasteiger partial charge in [-0.3, -0.25) is 0 Å². The van der Waals surface area contributed by atoms with Crippen molar-refractivity contribution in [3.05, 3.63) is 0 Å². The number of carboxylic acids is 1. The van der Waals surface area contributed by atoms with Crippen LogP contribution in [0.1, 0.15) is 38.5 Å². The molecule has 3 aliphatic rings. The Morgan fingerprint density at radius 2 is 1.95 bits per heavy atom. The van der Waals surface area contributed by atoms with Crippen LogP contribution >= 0.6 is 0 Å². The van der Waals surface area contributed by atoms with Gasteiger partial charge in [0.25, 0.3) is 0 Å². The van der Waals surface area contributed by atoms with Gasteiger partial charge in [-0.25, -0.2) is 9.59 Å². The normalized spacial score (nSPS) is 34.0. The van der Waals surface area contributed by atoms with Crippen molar-refractivity contribution in [3.63, 3.8) is 0 Å². The second kappa shape index (κ2) is 5.60. The van der Waals surface area contributed by atoms with Gasteiger partial charge in [0, 0.05) is 13.2 Å². The number of urea groups is 1. The number of carbonyl (C=O) groups excluding carboxylic acids is 1. The number of rotatable bonds is 3. The average Bonchev–Trinajstić information content (AvgIpc) is 3.19. The van der Waals surface area contributed by atoms with Gasteiger partial charge in [-0.1, -0.05) is 0 Å². The molecule has 20 heavy (non-hydrogen) atoms. The quantitative estimate of drug-likeness (QED) is 0.815. The third kappa shape index (κ3) is 2.75. The van der Waals surface area contributed by atoms with Crippen LogP contribution in [0.25, 0.3) is 0 Å². The monoisotopic (exact) mass is 282 g/mol. The molecule has 3 atom stereocenters. The lowest BCUT2D eigenvalue weighted by Crippen LogP contribution is -2.55. The molecule has 2 saturated heterocycles. The van der Waals surface area contributed by atoms with Gasteiger partial charge in [-0.2, -0.15) is 0 Å². The minimum absolute atomic E-state index is 0.0476. The fraction of sp³-hybridized carbons (Fsp3) is 0.857. The molecule has 2 aliphatic heterocycles. The standard InChI is InChI=1S/C14H22N2O4/c17-13(18)11-3-1-2-7-16(11)14(19)15-10-6-8-20-12(10)9-4-5-9/h9-12H,1-8H2,(H,15,19)(H,17,18). The Balaban J connectivity index is 1.61. The minimum atomic E-state index is -0.902. The number of piperidine rings is 1. The van der Waals surface area contributed by atoms with Gasteiger partial charge >= 0.3 is 12.0 Å². The third-order valence-electron chi connectivity index (χ3n) is 4.58. The van der Waals surface area contributed by atoms with E-state index in [0.29, 0.717) is 25.5 Å². The highest BCUT2D eigenvalue weighted by Gasteiger charge is 2.42. The summed E-state index contributed by atoms with van der Waals surface area (Å²) in [5.41, 5.74) is 0. The maximum absolute atomic E-state index is 12.4. The zero-order valence-electron chi connectivity index (χ0n) is 11.6. The lowest BCUT2D eigenvalue weighted by Gasteiger charge is -2.34. The molecule has 0 aromatic carbocycles. The molecular formula is C14H22N2O4. The number of ether oxygens (including phenoxy) is 1. The molecule has 0 radical (unpaired) electrons. The number of hydrogen-bond donors (Lipinski definition) is 2. The van der Waals surface area contributed by atoms with Crippen molar-refractivity contribution in [1.29, 1.82) is 0 Å². The van der Waals surface area contributed by atoms with Crippen LogP contribution in [0, 0.1) is 5.92 Å². The van der Waals surface area contributed by atoms with Crippen LogP contribution in [0.2, 0.25) is 0 Å². The molecular weight excluding hydrogens is 260 g/mol. The molecule has 0 bridgehead atoms. The summed E-state index contributed by atoms with van der Waals surface area (Å²) < 4.78 is 5.70. The number of likely N-dealkylation sites (tertiary alicyclic amines) is 1. The molecule has 1 saturated carbocycles. The number of aliphatic carboxylic acids is 1. The summed E-state index contributed by atoms with van der Waals surface area (Å²) in [6, 6.07) is -0.866. The summed E-state index contributed by atoms with van der Waals surface area (Å²) >= 11 is 0. The topological polar surface area (TPSA) is 78.9 Å². The summed E-state index contributed by atoms with van der Waals surface area (Å²) in [6.45, 7) is 1.22. The van der Waals surface area contributed by atoms with Crippen molar-refractivity contribution >= 4 is 12.0 Å². The zero-order valence-corrected chi connectivity index (χ0v) is 11.6. The Hall–Kier alpha value is -1.30. The highest BCUT2D eigenvalue weighted by Crippen LogP contribution is 2.38. The van der Waals surface area contributed by atoms with E-state index in [-0.39, 0.29) is 18.2 Å². The second-order valence-electron chi connectivity index (χ2n) is 6.06. The first kappa shape index (κ1) is 13.7. The number of carboxylic acid groups (broad SMARTS) is 1. The summed E-state index contributed by atoms with van der Waals surface area (Å²) in [7, 11) is 0. The summed E-state index contributed by atoms with van der Waals surface area (Å²) in [4.78, 5) is 25.1. The van der Waals surface area contributed by atoms with Crippen molar-refractivity contribution < 1.29 is 19.4 Å². The van der Waals surface area contributed by atoms with E-state index in [2.05, 4.69) is 5.32 Å². The summed E-state index contributed by atoms with van der Waals surface area (Å²) in [5.74, 6) is -0.319. The lowest BCUT2D eigenvalue weighted by molar-refractivity contribution is -0.143. The smallest absolute Gasteiger partial charge is 0.326 e. The minimum Gasteiger partial charge on any atom is -0.480 e. The summed E-state index contributed by atoms with van der Waals surface area (Å²) in [5, 5.41) is 12.2. The number of hydrogen-bond acceptors (Lipinski definition) is 3. The van der Waals surface area contributed by atoms with Crippen molar-refractivity contribution in [2.75, 3.05) is 13.2 Å². The van der Waals surface area contributed by atoms with Gasteiger partial charge in [0.05, 0.1) is 12.1 Å². The number of nitrogens with zero attached hydrogens (tertiary/aromatic N) is 1. The maximum Gasteiger partial charge on any atom is 0.326 e. The maximum atomic E-state index is 12.4. The molecule has 3 fully saturated rings. The second-order valence-corrected chi connectivity index (χ2v) is 6.06. The molecule has 0 aromatic rings. The summed E-state index contributed by atoms with van der Waals surface area (Å²) in [6.07, 6.45) is 5.63. The Kier molecular flexibility index (Phi) is 3.83. The molecule has 2 amide bonds. The fourth-order valence-electron chi connectivity index (χ4n) is 3.33. The zero-order chi connectivity index (χ0) is 14.1. The first-order valence-corrected chi connectivity index (χ1v) is 7.58. The number of nitrogens with one attached hydrogen (secondary N) is 1. The fourth-order valence-corrected chi connectivity index (χ4v) is 3.33. The molecule has 0 spiro atoms. The van der Waals surface area contributed by atoms with Crippen molar-refractivity contribution in [1.82, 2.24) is 10.2 Å². The lowest BCUT2D eigenvalue weighted by atomic mass is 10.0.